The molecule has 3 amide bonds. The Kier molecular flexibility index (Phi) is 5.66. The molecule has 7 nitrogen and oxygen atoms in total. The Morgan fingerprint density at radius 1 is 1.15 bits per heavy atom. The van der Waals surface area contributed by atoms with E-state index in [-0.39, 0.29) is 18.0 Å². The van der Waals surface area contributed by atoms with Crippen LogP contribution in [0.4, 0.5) is 4.79 Å². The molecule has 1 fully saturated rings. The summed E-state index contributed by atoms with van der Waals surface area (Å²) in [6, 6.07) is 3.41. The van der Waals surface area contributed by atoms with Crippen LogP contribution in [0.2, 0.25) is 0 Å². The van der Waals surface area contributed by atoms with Crippen LogP contribution in [0, 0.1) is 0 Å². The van der Waals surface area contributed by atoms with E-state index in [1.54, 1.807) is 19.1 Å². The van der Waals surface area contributed by atoms with E-state index in [1.165, 1.54) is 4.90 Å². The second-order valence-electron chi connectivity index (χ2n) is 6.45. The first-order valence-electron chi connectivity index (χ1n) is 9.04. The van der Waals surface area contributed by atoms with Crippen molar-refractivity contribution in [1.29, 1.82) is 0 Å². The summed E-state index contributed by atoms with van der Waals surface area (Å²) in [5.74, 6) is 1.16. The average Bonchev–Trinajstić information content (AvgIpc) is 2.65. The van der Waals surface area contributed by atoms with Crippen LogP contribution in [-0.2, 0) is 16.0 Å². The Morgan fingerprint density at radius 3 is 2.58 bits per heavy atom. The first-order valence-corrected chi connectivity index (χ1v) is 9.04. The Labute approximate surface area is 153 Å². The molecule has 2 aliphatic heterocycles. The molecule has 1 atom stereocenters. The van der Waals surface area contributed by atoms with Crippen molar-refractivity contribution in [3.8, 4) is 11.5 Å². The van der Waals surface area contributed by atoms with Gasteiger partial charge in [0.15, 0.2) is 11.5 Å². The number of imide groups is 1. The van der Waals surface area contributed by atoms with Crippen molar-refractivity contribution < 1.29 is 23.8 Å². The molecule has 7 heteroatoms. The highest BCUT2D eigenvalue weighted by Gasteiger charge is 2.42. The van der Waals surface area contributed by atoms with Crippen LogP contribution >= 0.6 is 0 Å². The number of ether oxygens (including phenoxy) is 3. The van der Waals surface area contributed by atoms with Crippen LogP contribution in [0.5, 0.6) is 11.5 Å². The molecule has 2 heterocycles. The molecule has 1 aromatic rings. The van der Waals surface area contributed by atoms with Crippen molar-refractivity contribution in [2.24, 2.45) is 0 Å². The normalized spacial score (nSPS) is 19.3. The number of carbonyl (C=O) groups excluding carboxylic acids is 2. The SMILES string of the molecule is CCOCCCN1C(=O)CC2c3cc(OC)c(OC)cc3CCN2C1=O. The van der Waals surface area contributed by atoms with E-state index in [0.29, 0.717) is 50.6 Å². The van der Waals surface area contributed by atoms with Gasteiger partial charge >= 0.3 is 6.03 Å². The number of nitrogens with zero attached hydrogens (tertiary/aromatic N) is 2. The molecule has 0 saturated carbocycles. The first-order chi connectivity index (χ1) is 12.6. The average molecular weight is 362 g/mol. The molecule has 0 N–H and O–H groups in total. The van der Waals surface area contributed by atoms with E-state index < -0.39 is 0 Å². The summed E-state index contributed by atoms with van der Waals surface area (Å²) in [4.78, 5) is 28.6. The lowest BCUT2D eigenvalue weighted by Crippen LogP contribution is -2.55. The van der Waals surface area contributed by atoms with E-state index in [9.17, 15) is 9.59 Å². The van der Waals surface area contributed by atoms with E-state index in [4.69, 9.17) is 14.2 Å². The predicted molar refractivity (Wildman–Crippen MR) is 95.5 cm³/mol. The maximum absolute atomic E-state index is 12.9. The van der Waals surface area contributed by atoms with Crippen molar-refractivity contribution in [3.63, 3.8) is 0 Å². The zero-order valence-electron chi connectivity index (χ0n) is 15.6. The molecule has 0 radical (unpaired) electrons. The molecule has 1 aromatic carbocycles. The van der Waals surface area contributed by atoms with Crippen LogP contribution in [0.15, 0.2) is 12.1 Å². The van der Waals surface area contributed by atoms with Crippen molar-refractivity contribution in [3.05, 3.63) is 23.3 Å². The number of benzene rings is 1. The summed E-state index contributed by atoms with van der Waals surface area (Å²) in [5.41, 5.74) is 2.08. The fourth-order valence-electron chi connectivity index (χ4n) is 3.70. The Morgan fingerprint density at radius 2 is 1.88 bits per heavy atom. The van der Waals surface area contributed by atoms with E-state index in [1.807, 2.05) is 19.1 Å². The third-order valence-corrected chi connectivity index (χ3v) is 5.02. The van der Waals surface area contributed by atoms with Crippen molar-refractivity contribution >= 4 is 11.9 Å². The minimum absolute atomic E-state index is 0.129. The highest BCUT2D eigenvalue weighted by Crippen LogP contribution is 2.41. The molecule has 2 aliphatic rings. The van der Waals surface area contributed by atoms with Gasteiger partial charge in [-0.25, -0.2) is 4.79 Å². The van der Waals surface area contributed by atoms with E-state index in [0.717, 1.165) is 17.5 Å². The number of hydrogen-bond acceptors (Lipinski definition) is 5. The molecular weight excluding hydrogens is 336 g/mol. The Balaban J connectivity index is 1.81. The zero-order chi connectivity index (χ0) is 18.7. The van der Waals surface area contributed by atoms with Gasteiger partial charge in [-0.05, 0) is 43.0 Å². The smallest absolute Gasteiger partial charge is 0.327 e. The number of carbonyl (C=O) groups is 2. The van der Waals surface area contributed by atoms with Crippen LogP contribution in [0.1, 0.15) is 36.9 Å². The lowest BCUT2D eigenvalue weighted by Gasteiger charge is -2.43. The topological polar surface area (TPSA) is 68.3 Å². The summed E-state index contributed by atoms with van der Waals surface area (Å²) >= 11 is 0. The maximum Gasteiger partial charge on any atom is 0.327 e. The maximum atomic E-state index is 12.9. The fraction of sp³-hybridized carbons (Fsp3) is 0.579. The van der Waals surface area contributed by atoms with Gasteiger partial charge in [0.2, 0.25) is 5.91 Å². The minimum atomic E-state index is -0.235. The van der Waals surface area contributed by atoms with Gasteiger partial charge in [0.1, 0.15) is 0 Å². The van der Waals surface area contributed by atoms with Crippen LogP contribution in [-0.4, -0.2) is 62.3 Å². The number of methoxy groups -OCH3 is 2. The molecular formula is C19H26N2O5. The second kappa shape index (κ2) is 7.95. The molecule has 0 aliphatic carbocycles. The van der Waals surface area contributed by atoms with Gasteiger partial charge in [-0.15, -0.1) is 0 Å². The molecule has 0 bridgehead atoms. The monoisotopic (exact) mass is 362 g/mol. The summed E-state index contributed by atoms with van der Waals surface area (Å²) < 4.78 is 16.1. The Hall–Kier alpha value is -2.28. The first kappa shape index (κ1) is 18.5. The van der Waals surface area contributed by atoms with Gasteiger partial charge in [-0.2, -0.15) is 0 Å². The third-order valence-electron chi connectivity index (χ3n) is 5.02. The number of rotatable bonds is 7. The Bertz CT molecular complexity index is 691. The zero-order valence-corrected chi connectivity index (χ0v) is 15.6. The van der Waals surface area contributed by atoms with E-state index >= 15 is 0 Å². The van der Waals surface area contributed by atoms with Crippen LogP contribution in [0.3, 0.4) is 0 Å². The molecule has 0 spiro atoms. The quantitative estimate of drug-likeness (QED) is 0.697. The summed E-state index contributed by atoms with van der Waals surface area (Å²) in [5, 5.41) is 0. The number of hydrogen-bond donors (Lipinski definition) is 0. The van der Waals surface area contributed by atoms with Crippen molar-refractivity contribution in [1.82, 2.24) is 9.80 Å². The standard InChI is InChI=1S/C19H26N2O5/c1-4-26-9-5-7-21-18(22)12-15-14-11-17(25-3)16(24-2)10-13(14)6-8-20(15)19(21)23/h10-11,15H,4-9,12H2,1-3H3. The van der Waals surface area contributed by atoms with Crippen molar-refractivity contribution in [2.75, 3.05) is 40.5 Å². The molecule has 1 saturated heterocycles. The molecule has 1 unspecified atom stereocenters. The molecule has 3 rings (SSSR count). The summed E-state index contributed by atoms with van der Waals surface area (Å²) in [6.07, 6.45) is 1.69. The van der Waals surface area contributed by atoms with Gasteiger partial charge in [0.25, 0.3) is 0 Å². The molecule has 0 aromatic heterocycles. The van der Waals surface area contributed by atoms with Gasteiger partial charge in [0.05, 0.1) is 26.7 Å². The van der Waals surface area contributed by atoms with Gasteiger partial charge < -0.3 is 19.1 Å². The van der Waals surface area contributed by atoms with Crippen LogP contribution < -0.4 is 9.47 Å². The summed E-state index contributed by atoms with van der Waals surface area (Å²) in [6.45, 7) is 4.12. The number of urea groups is 1. The van der Waals surface area contributed by atoms with E-state index in [2.05, 4.69) is 0 Å². The van der Waals surface area contributed by atoms with Crippen molar-refractivity contribution in [2.45, 2.75) is 32.2 Å². The highest BCUT2D eigenvalue weighted by atomic mass is 16.5. The van der Waals surface area contributed by atoms with Crippen LogP contribution in [0.25, 0.3) is 0 Å². The van der Waals surface area contributed by atoms with Gasteiger partial charge in [-0.1, -0.05) is 0 Å². The molecule has 142 valence electrons. The number of amides is 3. The number of fused-ring (bicyclic) bond motifs is 3. The summed E-state index contributed by atoms with van der Waals surface area (Å²) in [7, 11) is 3.19. The second-order valence-corrected chi connectivity index (χ2v) is 6.45. The lowest BCUT2D eigenvalue weighted by atomic mass is 9.88. The fourth-order valence-corrected chi connectivity index (χ4v) is 3.70. The van der Waals surface area contributed by atoms with Gasteiger partial charge in [0, 0.05) is 26.3 Å². The lowest BCUT2D eigenvalue weighted by molar-refractivity contribution is -0.133. The minimum Gasteiger partial charge on any atom is -0.493 e. The largest absolute Gasteiger partial charge is 0.493 e. The third kappa shape index (κ3) is 3.35. The highest BCUT2D eigenvalue weighted by molar-refractivity contribution is 5.97. The molecule has 26 heavy (non-hydrogen) atoms. The predicted octanol–water partition coefficient (Wildman–Crippen LogP) is 2.38. The van der Waals surface area contributed by atoms with Gasteiger partial charge in [-0.3, -0.25) is 9.69 Å².